The van der Waals surface area contributed by atoms with Crippen molar-refractivity contribution >= 4 is 11.8 Å². The molecule has 0 bridgehead atoms. The fourth-order valence-corrected chi connectivity index (χ4v) is 2.85. The fourth-order valence-electron chi connectivity index (χ4n) is 1.66. The van der Waals surface area contributed by atoms with E-state index in [1.165, 1.54) is 12.1 Å². The van der Waals surface area contributed by atoms with Gasteiger partial charge in [-0.25, -0.2) is 8.78 Å². The van der Waals surface area contributed by atoms with Gasteiger partial charge in [0.1, 0.15) is 0 Å². The first-order valence-electron chi connectivity index (χ1n) is 5.08. The lowest BCUT2D eigenvalue weighted by Gasteiger charge is -2.22. The van der Waals surface area contributed by atoms with Gasteiger partial charge in [0.15, 0.2) is 11.6 Å². The van der Waals surface area contributed by atoms with Gasteiger partial charge in [0, 0.05) is 16.7 Å². The SMILES string of the molecule is Fc1ccc(S[C@@H]2CCCNC2)cc1F. The molecule has 1 aromatic carbocycles. The quantitative estimate of drug-likeness (QED) is 0.837. The number of hydrogen-bond acceptors (Lipinski definition) is 2. The Morgan fingerprint density at radius 3 is 2.80 bits per heavy atom. The Balaban J connectivity index is 2.00. The van der Waals surface area contributed by atoms with E-state index < -0.39 is 11.6 Å². The summed E-state index contributed by atoms with van der Waals surface area (Å²) in [6.45, 7) is 2.01. The first-order chi connectivity index (χ1) is 7.25. The first kappa shape index (κ1) is 10.9. The van der Waals surface area contributed by atoms with Crippen molar-refractivity contribution in [1.29, 1.82) is 0 Å². The average Bonchev–Trinajstić information content (AvgIpc) is 2.25. The van der Waals surface area contributed by atoms with Crippen molar-refractivity contribution in [1.82, 2.24) is 5.32 Å². The van der Waals surface area contributed by atoms with Gasteiger partial charge in [-0.3, -0.25) is 0 Å². The number of piperidine rings is 1. The molecule has 1 aliphatic rings. The van der Waals surface area contributed by atoms with Crippen LogP contribution in [-0.2, 0) is 0 Å². The molecule has 0 spiro atoms. The highest BCUT2D eigenvalue weighted by molar-refractivity contribution is 8.00. The number of halogens is 2. The maximum Gasteiger partial charge on any atom is 0.159 e. The highest BCUT2D eigenvalue weighted by Crippen LogP contribution is 2.28. The van der Waals surface area contributed by atoms with Crippen LogP contribution in [0.5, 0.6) is 0 Å². The van der Waals surface area contributed by atoms with Crippen LogP contribution in [0.25, 0.3) is 0 Å². The fraction of sp³-hybridized carbons (Fsp3) is 0.455. The van der Waals surface area contributed by atoms with Gasteiger partial charge in [-0.2, -0.15) is 0 Å². The molecule has 82 valence electrons. The summed E-state index contributed by atoms with van der Waals surface area (Å²) in [4.78, 5) is 0.808. The minimum atomic E-state index is -0.777. The van der Waals surface area contributed by atoms with Crippen molar-refractivity contribution in [2.45, 2.75) is 23.0 Å². The molecule has 15 heavy (non-hydrogen) atoms. The standard InChI is InChI=1S/C11H13F2NS/c12-10-4-3-8(6-11(10)13)15-9-2-1-5-14-7-9/h3-4,6,9,14H,1-2,5,7H2/t9-/m1/s1. The van der Waals surface area contributed by atoms with Gasteiger partial charge >= 0.3 is 0 Å². The third-order valence-electron chi connectivity index (χ3n) is 2.45. The molecule has 1 atom stereocenters. The second-order valence-electron chi connectivity index (χ2n) is 3.66. The maximum atomic E-state index is 12.9. The summed E-state index contributed by atoms with van der Waals surface area (Å²) in [6, 6.07) is 4.10. The Morgan fingerprint density at radius 2 is 2.13 bits per heavy atom. The molecule has 0 saturated carbocycles. The molecule has 1 N–H and O–H groups in total. The molecular weight excluding hydrogens is 216 g/mol. The molecule has 0 amide bonds. The lowest BCUT2D eigenvalue weighted by atomic mass is 10.2. The lowest BCUT2D eigenvalue weighted by molar-refractivity contribution is 0.505. The van der Waals surface area contributed by atoms with Crippen LogP contribution in [0.1, 0.15) is 12.8 Å². The zero-order valence-corrected chi connectivity index (χ0v) is 9.12. The highest BCUT2D eigenvalue weighted by atomic mass is 32.2. The molecule has 0 aliphatic carbocycles. The summed E-state index contributed by atoms with van der Waals surface area (Å²) in [7, 11) is 0. The molecule has 4 heteroatoms. The molecule has 0 aromatic heterocycles. The monoisotopic (exact) mass is 229 g/mol. The average molecular weight is 229 g/mol. The number of thioether (sulfide) groups is 1. The maximum absolute atomic E-state index is 12.9. The zero-order chi connectivity index (χ0) is 10.7. The number of hydrogen-bond donors (Lipinski definition) is 1. The van der Waals surface area contributed by atoms with Crippen LogP contribution >= 0.6 is 11.8 Å². The molecule has 1 fully saturated rings. The topological polar surface area (TPSA) is 12.0 Å². The third-order valence-corrected chi connectivity index (χ3v) is 3.71. The summed E-state index contributed by atoms with van der Waals surface area (Å²) >= 11 is 1.62. The van der Waals surface area contributed by atoms with Crippen molar-refractivity contribution in [3.05, 3.63) is 29.8 Å². The third kappa shape index (κ3) is 2.92. The van der Waals surface area contributed by atoms with E-state index in [0.717, 1.165) is 30.8 Å². The minimum absolute atomic E-state index is 0.476. The molecule has 1 saturated heterocycles. The van der Waals surface area contributed by atoms with Crippen molar-refractivity contribution in [3.63, 3.8) is 0 Å². The number of benzene rings is 1. The lowest BCUT2D eigenvalue weighted by Crippen LogP contribution is -2.31. The van der Waals surface area contributed by atoms with Gasteiger partial charge in [-0.05, 0) is 37.6 Å². The molecule has 1 aliphatic heterocycles. The summed E-state index contributed by atoms with van der Waals surface area (Å²) in [6.07, 6.45) is 2.29. The van der Waals surface area contributed by atoms with Gasteiger partial charge in [0.25, 0.3) is 0 Å². The summed E-state index contributed by atoms with van der Waals surface area (Å²) in [5.74, 6) is -1.54. The number of nitrogens with one attached hydrogen (secondary N) is 1. The van der Waals surface area contributed by atoms with Crippen LogP contribution in [0.2, 0.25) is 0 Å². The normalized spacial score (nSPS) is 21.6. The van der Waals surface area contributed by atoms with E-state index in [9.17, 15) is 8.78 Å². The van der Waals surface area contributed by atoms with Gasteiger partial charge in [-0.1, -0.05) is 0 Å². The minimum Gasteiger partial charge on any atom is -0.316 e. The van der Waals surface area contributed by atoms with E-state index in [1.807, 2.05) is 0 Å². The van der Waals surface area contributed by atoms with Gasteiger partial charge in [0.2, 0.25) is 0 Å². The highest BCUT2D eigenvalue weighted by Gasteiger charge is 2.14. The smallest absolute Gasteiger partial charge is 0.159 e. The van der Waals surface area contributed by atoms with E-state index in [1.54, 1.807) is 17.8 Å². The zero-order valence-electron chi connectivity index (χ0n) is 8.30. The van der Waals surface area contributed by atoms with Crippen LogP contribution in [0.15, 0.2) is 23.1 Å². The summed E-state index contributed by atoms with van der Waals surface area (Å²) in [5.41, 5.74) is 0. The van der Waals surface area contributed by atoms with Crippen LogP contribution in [0.4, 0.5) is 8.78 Å². The van der Waals surface area contributed by atoms with Gasteiger partial charge in [0.05, 0.1) is 0 Å². The van der Waals surface area contributed by atoms with E-state index in [4.69, 9.17) is 0 Å². The molecule has 2 rings (SSSR count). The Hall–Kier alpha value is -0.610. The van der Waals surface area contributed by atoms with E-state index >= 15 is 0 Å². The van der Waals surface area contributed by atoms with E-state index in [0.29, 0.717) is 5.25 Å². The summed E-state index contributed by atoms with van der Waals surface area (Å²) in [5, 5.41) is 3.77. The Bertz CT molecular complexity index is 337. The van der Waals surface area contributed by atoms with E-state index in [2.05, 4.69) is 5.32 Å². The second-order valence-corrected chi connectivity index (χ2v) is 5.04. The molecular formula is C11H13F2NS. The van der Waals surface area contributed by atoms with E-state index in [-0.39, 0.29) is 0 Å². The molecule has 1 heterocycles. The Morgan fingerprint density at radius 1 is 1.27 bits per heavy atom. The van der Waals surface area contributed by atoms with Crippen LogP contribution in [0, 0.1) is 11.6 Å². The summed E-state index contributed by atoms with van der Waals surface area (Å²) < 4.78 is 25.6. The predicted molar refractivity (Wildman–Crippen MR) is 58.1 cm³/mol. The first-order valence-corrected chi connectivity index (χ1v) is 5.96. The van der Waals surface area contributed by atoms with Crippen LogP contribution < -0.4 is 5.32 Å². The molecule has 1 nitrogen and oxygen atoms in total. The molecule has 0 unspecified atom stereocenters. The Kier molecular flexibility index (Phi) is 3.59. The largest absolute Gasteiger partial charge is 0.316 e. The van der Waals surface area contributed by atoms with Crippen molar-refractivity contribution in [2.24, 2.45) is 0 Å². The Labute approximate surface area is 92.3 Å². The number of rotatable bonds is 2. The second kappa shape index (κ2) is 4.94. The molecule has 1 aromatic rings. The predicted octanol–water partition coefficient (Wildman–Crippen LogP) is 2.81. The van der Waals surface area contributed by atoms with Crippen molar-refractivity contribution in [2.75, 3.05) is 13.1 Å². The van der Waals surface area contributed by atoms with Gasteiger partial charge in [-0.15, -0.1) is 11.8 Å². The van der Waals surface area contributed by atoms with Crippen molar-refractivity contribution in [3.8, 4) is 0 Å². The van der Waals surface area contributed by atoms with Gasteiger partial charge < -0.3 is 5.32 Å². The molecule has 0 radical (unpaired) electrons. The van der Waals surface area contributed by atoms with Crippen LogP contribution in [-0.4, -0.2) is 18.3 Å². The van der Waals surface area contributed by atoms with Crippen molar-refractivity contribution < 1.29 is 8.78 Å². The van der Waals surface area contributed by atoms with Crippen LogP contribution in [0.3, 0.4) is 0 Å².